The number of rotatable bonds is 5. The predicted molar refractivity (Wildman–Crippen MR) is 79.0 cm³/mol. The third-order valence-corrected chi connectivity index (χ3v) is 3.57. The molecular formula is C12H15ClN4OS. The molecule has 2 heterocycles. The number of amides is 1. The lowest BCUT2D eigenvalue weighted by Crippen LogP contribution is -2.35. The van der Waals surface area contributed by atoms with Gasteiger partial charge in [0.1, 0.15) is 10.6 Å². The maximum absolute atomic E-state index is 11.7. The van der Waals surface area contributed by atoms with Gasteiger partial charge in [0.2, 0.25) is 11.2 Å². The van der Waals surface area contributed by atoms with Crippen molar-refractivity contribution in [1.82, 2.24) is 15.3 Å². The van der Waals surface area contributed by atoms with Crippen LogP contribution in [0.15, 0.2) is 11.4 Å². The van der Waals surface area contributed by atoms with Gasteiger partial charge in [-0.15, -0.1) is 11.3 Å². The van der Waals surface area contributed by atoms with E-state index < -0.39 is 0 Å². The molecule has 2 aromatic heterocycles. The van der Waals surface area contributed by atoms with Crippen molar-refractivity contribution < 1.29 is 4.79 Å². The highest BCUT2D eigenvalue weighted by Gasteiger charge is 2.14. The molecule has 0 atom stereocenters. The maximum atomic E-state index is 11.7. The topological polar surface area (TPSA) is 58.1 Å². The first kappa shape index (κ1) is 14.0. The normalized spacial score (nSPS) is 10.7. The number of nitrogens with one attached hydrogen (secondary N) is 1. The van der Waals surface area contributed by atoms with Gasteiger partial charge in [-0.1, -0.05) is 6.92 Å². The van der Waals surface area contributed by atoms with Crippen LogP contribution in [-0.4, -0.2) is 36.0 Å². The molecule has 19 heavy (non-hydrogen) atoms. The van der Waals surface area contributed by atoms with Crippen LogP contribution in [0.5, 0.6) is 0 Å². The standard InChI is InChI=1S/C12H15ClN4OS/c1-3-5-14-9(18)7-17(2)10-8-4-6-19-11(8)16-12(13)15-10/h4,6H,3,5,7H2,1-2H3,(H,14,18). The van der Waals surface area contributed by atoms with Gasteiger partial charge in [-0.3, -0.25) is 4.79 Å². The molecule has 0 aliphatic carbocycles. The monoisotopic (exact) mass is 298 g/mol. The molecule has 0 unspecified atom stereocenters. The average molecular weight is 299 g/mol. The third kappa shape index (κ3) is 3.33. The van der Waals surface area contributed by atoms with E-state index in [1.807, 2.05) is 25.4 Å². The molecule has 0 bridgehead atoms. The number of hydrogen-bond donors (Lipinski definition) is 1. The van der Waals surface area contributed by atoms with Crippen molar-refractivity contribution in [3.63, 3.8) is 0 Å². The molecule has 5 nitrogen and oxygen atoms in total. The van der Waals surface area contributed by atoms with E-state index >= 15 is 0 Å². The van der Waals surface area contributed by atoms with Crippen LogP contribution in [0, 0.1) is 0 Å². The van der Waals surface area contributed by atoms with E-state index in [1.54, 1.807) is 4.90 Å². The second-order valence-corrected chi connectivity index (χ2v) is 5.39. The quantitative estimate of drug-likeness (QED) is 0.861. The summed E-state index contributed by atoms with van der Waals surface area (Å²) in [5.41, 5.74) is 0. The third-order valence-electron chi connectivity index (χ3n) is 2.59. The van der Waals surface area contributed by atoms with Crippen molar-refractivity contribution >= 4 is 44.9 Å². The van der Waals surface area contributed by atoms with E-state index in [0.29, 0.717) is 12.4 Å². The molecule has 0 spiro atoms. The number of fused-ring (bicyclic) bond motifs is 1. The lowest BCUT2D eigenvalue weighted by molar-refractivity contribution is -0.119. The first-order valence-corrected chi connectivity index (χ1v) is 7.26. The van der Waals surface area contributed by atoms with Gasteiger partial charge in [-0.2, -0.15) is 4.98 Å². The maximum Gasteiger partial charge on any atom is 0.239 e. The van der Waals surface area contributed by atoms with Gasteiger partial charge < -0.3 is 10.2 Å². The van der Waals surface area contributed by atoms with Crippen LogP contribution in [0.25, 0.3) is 10.2 Å². The van der Waals surface area contributed by atoms with E-state index in [9.17, 15) is 4.79 Å². The molecule has 1 amide bonds. The Morgan fingerprint density at radius 3 is 3.05 bits per heavy atom. The fourth-order valence-electron chi connectivity index (χ4n) is 1.72. The summed E-state index contributed by atoms with van der Waals surface area (Å²) in [5.74, 6) is 0.658. The van der Waals surface area contributed by atoms with E-state index in [-0.39, 0.29) is 17.7 Å². The van der Waals surface area contributed by atoms with E-state index in [0.717, 1.165) is 16.6 Å². The Morgan fingerprint density at radius 1 is 1.53 bits per heavy atom. The fourth-order valence-corrected chi connectivity index (χ4v) is 2.69. The molecule has 102 valence electrons. The van der Waals surface area contributed by atoms with Gasteiger partial charge in [0, 0.05) is 13.6 Å². The summed E-state index contributed by atoms with van der Waals surface area (Å²) in [5, 5.41) is 5.89. The fraction of sp³-hybridized carbons (Fsp3) is 0.417. The molecular weight excluding hydrogens is 284 g/mol. The number of nitrogens with zero attached hydrogens (tertiary/aromatic N) is 3. The Balaban J connectivity index is 2.18. The van der Waals surface area contributed by atoms with Gasteiger partial charge in [0.25, 0.3) is 0 Å². The van der Waals surface area contributed by atoms with Gasteiger partial charge in [-0.25, -0.2) is 4.98 Å². The molecule has 7 heteroatoms. The van der Waals surface area contributed by atoms with E-state index in [2.05, 4.69) is 15.3 Å². The number of carbonyl (C=O) groups is 1. The Kier molecular flexibility index (Phi) is 4.55. The molecule has 0 fully saturated rings. The summed E-state index contributed by atoms with van der Waals surface area (Å²) >= 11 is 7.41. The largest absolute Gasteiger partial charge is 0.355 e. The summed E-state index contributed by atoms with van der Waals surface area (Å²) in [6.45, 7) is 2.95. The van der Waals surface area contributed by atoms with Gasteiger partial charge in [0.05, 0.1) is 11.9 Å². The minimum absolute atomic E-state index is 0.0255. The van der Waals surface area contributed by atoms with Crippen LogP contribution in [0.4, 0.5) is 5.82 Å². The number of thiophene rings is 1. The molecule has 0 aromatic carbocycles. The summed E-state index contributed by atoms with van der Waals surface area (Å²) in [4.78, 5) is 22.7. The molecule has 2 rings (SSSR count). The Labute approximate surface area is 120 Å². The van der Waals surface area contributed by atoms with Crippen LogP contribution in [-0.2, 0) is 4.79 Å². The zero-order valence-corrected chi connectivity index (χ0v) is 12.4. The second kappa shape index (κ2) is 6.16. The highest BCUT2D eigenvalue weighted by molar-refractivity contribution is 7.16. The number of aromatic nitrogens is 2. The van der Waals surface area contributed by atoms with Crippen LogP contribution in [0.2, 0.25) is 5.28 Å². The highest BCUT2D eigenvalue weighted by atomic mass is 35.5. The smallest absolute Gasteiger partial charge is 0.239 e. The van der Waals surface area contributed by atoms with Crippen LogP contribution < -0.4 is 10.2 Å². The lowest BCUT2D eigenvalue weighted by Gasteiger charge is -2.18. The van der Waals surface area contributed by atoms with Crippen molar-refractivity contribution in [2.24, 2.45) is 0 Å². The predicted octanol–water partition coefficient (Wildman–Crippen LogP) is 2.31. The van der Waals surface area contributed by atoms with Crippen LogP contribution in [0.1, 0.15) is 13.3 Å². The highest BCUT2D eigenvalue weighted by Crippen LogP contribution is 2.28. The van der Waals surface area contributed by atoms with Gasteiger partial charge in [0.15, 0.2) is 0 Å². The summed E-state index contributed by atoms with van der Waals surface area (Å²) in [6.07, 6.45) is 0.920. The molecule has 0 saturated heterocycles. The van der Waals surface area contributed by atoms with Crippen molar-refractivity contribution in [3.8, 4) is 0 Å². The molecule has 0 radical (unpaired) electrons. The molecule has 1 N–H and O–H groups in total. The van der Waals surface area contributed by atoms with Gasteiger partial charge in [-0.05, 0) is 29.5 Å². The summed E-state index contributed by atoms with van der Waals surface area (Å²) in [7, 11) is 1.82. The molecule has 2 aromatic rings. The number of halogens is 1. The van der Waals surface area contributed by atoms with Crippen molar-refractivity contribution in [3.05, 3.63) is 16.7 Å². The Bertz CT molecular complexity index is 586. The number of hydrogen-bond acceptors (Lipinski definition) is 5. The lowest BCUT2D eigenvalue weighted by atomic mass is 10.3. The zero-order valence-electron chi connectivity index (χ0n) is 10.8. The first-order valence-electron chi connectivity index (χ1n) is 6.00. The molecule has 0 aliphatic heterocycles. The Hall–Kier alpha value is -1.40. The first-order chi connectivity index (χ1) is 9.11. The summed E-state index contributed by atoms with van der Waals surface area (Å²) < 4.78 is 0. The number of anilines is 1. The van der Waals surface area contributed by atoms with Crippen LogP contribution in [0.3, 0.4) is 0 Å². The SMILES string of the molecule is CCCNC(=O)CN(C)c1nc(Cl)nc2sccc12. The Morgan fingerprint density at radius 2 is 2.32 bits per heavy atom. The van der Waals surface area contributed by atoms with E-state index in [1.165, 1.54) is 11.3 Å². The average Bonchev–Trinajstić information content (AvgIpc) is 2.83. The number of likely N-dealkylation sites (N-methyl/N-ethyl adjacent to an activating group) is 1. The minimum Gasteiger partial charge on any atom is -0.355 e. The van der Waals surface area contributed by atoms with Crippen LogP contribution >= 0.6 is 22.9 Å². The van der Waals surface area contributed by atoms with Crippen molar-refractivity contribution in [2.75, 3.05) is 25.0 Å². The minimum atomic E-state index is -0.0255. The summed E-state index contributed by atoms with van der Waals surface area (Å²) in [6, 6.07) is 1.94. The van der Waals surface area contributed by atoms with Gasteiger partial charge >= 0.3 is 0 Å². The second-order valence-electron chi connectivity index (χ2n) is 4.16. The molecule has 0 aliphatic rings. The van der Waals surface area contributed by atoms with E-state index in [4.69, 9.17) is 11.6 Å². The van der Waals surface area contributed by atoms with Crippen molar-refractivity contribution in [1.29, 1.82) is 0 Å². The zero-order chi connectivity index (χ0) is 13.8. The molecule has 0 saturated carbocycles. The van der Waals surface area contributed by atoms with Crippen molar-refractivity contribution in [2.45, 2.75) is 13.3 Å². The number of carbonyl (C=O) groups excluding carboxylic acids is 1.